The fraction of sp³-hybridized carbons (Fsp3) is 0.538. The van der Waals surface area contributed by atoms with Gasteiger partial charge in [0.2, 0.25) is 0 Å². The Hall–Kier alpha value is -1.22. The van der Waals surface area contributed by atoms with Crippen molar-refractivity contribution in [3.05, 3.63) is 23.8 Å². The van der Waals surface area contributed by atoms with Crippen LogP contribution in [0.25, 0.3) is 0 Å². The van der Waals surface area contributed by atoms with Gasteiger partial charge in [-0.15, -0.1) is 0 Å². The van der Waals surface area contributed by atoms with Crippen molar-refractivity contribution in [1.82, 2.24) is 4.90 Å². The molecular formula is C13H18N2O. The molecule has 1 atom stereocenters. The summed E-state index contributed by atoms with van der Waals surface area (Å²) < 4.78 is 5.81. The van der Waals surface area contributed by atoms with E-state index < -0.39 is 0 Å². The first kappa shape index (κ1) is 9.97. The van der Waals surface area contributed by atoms with Crippen LogP contribution in [0.2, 0.25) is 0 Å². The quantitative estimate of drug-likeness (QED) is 0.729. The predicted octanol–water partition coefficient (Wildman–Crippen LogP) is 1.67. The van der Waals surface area contributed by atoms with Crippen LogP contribution in [0.15, 0.2) is 18.2 Å². The molecule has 2 aliphatic heterocycles. The third-order valence-electron chi connectivity index (χ3n) is 3.63. The zero-order chi connectivity index (χ0) is 11.0. The van der Waals surface area contributed by atoms with Crippen molar-refractivity contribution in [3.8, 4) is 5.75 Å². The van der Waals surface area contributed by atoms with Gasteiger partial charge in [-0.25, -0.2) is 0 Å². The molecule has 0 radical (unpaired) electrons. The molecule has 3 nitrogen and oxygen atoms in total. The number of nitrogens with two attached hydrogens (primary N) is 1. The lowest BCUT2D eigenvalue weighted by molar-refractivity contribution is 0.142. The van der Waals surface area contributed by atoms with E-state index in [2.05, 4.69) is 11.0 Å². The Morgan fingerprint density at radius 2 is 2.06 bits per heavy atom. The summed E-state index contributed by atoms with van der Waals surface area (Å²) in [5, 5.41) is 0. The number of ether oxygens (including phenoxy) is 1. The fourth-order valence-corrected chi connectivity index (χ4v) is 2.74. The summed E-state index contributed by atoms with van der Waals surface area (Å²) in [7, 11) is 0. The molecule has 1 aromatic carbocycles. The van der Waals surface area contributed by atoms with Gasteiger partial charge in [-0.3, -0.25) is 4.90 Å². The van der Waals surface area contributed by atoms with Crippen LogP contribution in [0.1, 0.15) is 18.4 Å². The van der Waals surface area contributed by atoms with Crippen LogP contribution in [0.4, 0.5) is 5.69 Å². The van der Waals surface area contributed by atoms with Gasteiger partial charge in [0, 0.05) is 11.7 Å². The molecule has 2 aliphatic rings. The average Bonchev–Trinajstić information content (AvgIpc) is 2.81. The molecule has 86 valence electrons. The first-order valence-electron chi connectivity index (χ1n) is 6.08. The molecule has 0 saturated carbocycles. The summed E-state index contributed by atoms with van der Waals surface area (Å²) in [5.74, 6) is 1.02. The Morgan fingerprint density at radius 1 is 1.25 bits per heavy atom. The number of hydrogen-bond donors (Lipinski definition) is 1. The van der Waals surface area contributed by atoms with Crippen LogP contribution in [-0.4, -0.2) is 30.6 Å². The highest BCUT2D eigenvalue weighted by Crippen LogP contribution is 2.29. The number of benzene rings is 1. The number of anilines is 1. The van der Waals surface area contributed by atoms with Gasteiger partial charge in [-0.2, -0.15) is 0 Å². The fourth-order valence-electron chi connectivity index (χ4n) is 2.74. The summed E-state index contributed by atoms with van der Waals surface area (Å²) >= 11 is 0. The lowest BCUT2D eigenvalue weighted by atomic mass is 10.0. The summed E-state index contributed by atoms with van der Waals surface area (Å²) in [6, 6.07) is 6.51. The molecule has 3 rings (SSSR count). The topological polar surface area (TPSA) is 38.5 Å². The monoisotopic (exact) mass is 218 g/mol. The van der Waals surface area contributed by atoms with Gasteiger partial charge in [-0.05, 0) is 56.1 Å². The Kier molecular flexibility index (Phi) is 2.48. The van der Waals surface area contributed by atoms with E-state index in [-0.39, 0.29) is 0 Å². The normalized spacial score (nSPS) is 25.1. The Morgan fingerprint density at radius 3 is 2.88 bits per heavy atom. The lowest BCUT2D eigenvalue weighted by Gasteiger charge is -2.32. The SMILES string of the molecule is Nc1ccc2c(c1)CC(N1CCCC1)CO2. The van der Waals surface area contributed by atoms with E-state index in [9.17, 15) is 0 Å². The highest BCUT2D eigenvalue weighted by Gasteiger charge is 2.27. The van der Waals surface area contributed by atoms with Crippen LogP contribution in [0, 0.1) is 0 Å². The van der Waals surface area contributed by atoms with Gasteiger partial charge in [0.05, 0.1) is 0 Å². The minimum absolute atomic E-state index is 0.553. The molecule has 16 heavy (non-hydrogen) atoms. The molecule has 0 spiro atoms. The molecule has 1 unspecified atom stereocenters. The highest BCUT2D eigenvalue weighted by molar-refractivity contribution is 5.48. The largest absolute Gasteiger partial charge is 0.492 e. The van der Waals surface area contributed by atoms with Gasteiger partial charge in [-0.1, -0.05) is 0 Å². The summed E-state index contributed by atoms with van der Waals surface area (Å²) in [6.07, 6.45) is 3.75. The second-order valence-electron chi connectivity index (χ2n) is 4.78. The summed E-state index contributed by atoms with van der Waals surface area (Å²) in [4.78, 5) is 2.55. The summed E-state index contributed by atoms with van der Waals surface area (Å²) in [5.41, 5.74) is 7.92. The number of rotatable bonds is 1. The molecule has 1 saturated heterocycles. The molecule has 0 amide bonds. The molecular weight excluding hydrogens is 200 g/mol. The zero-order valence-electron chi connectivity index (χ0n) is 9.48. The maximum absolute atomic E-state index is 5.81. The highest BCUT2D eigenvalue weighted by atomic mass is 16.5. The van der Waals surface area contributed by atoms with Crippen LogP contribution < -0.4 is 10.5 Å². The van der Waals surface area contributed by atoms with E-state index in [1.165, 1.54) is 31.5 Å². The van der Waals surface area contributed by atoms with E-state index in [1.807, 2.05) is 12.1 Å². The van der Waals surface area contributed by atoms with Crippen LogP contribution >= 0.6 is 0 Å². The van der Waals surface area contributed by atoms with Gasteiger partial charge < -0.3 is 10.5 Å². The third kappa shape index (κ3) is 1.76. The average molecular weight is 218 g/mol. The number of likely N-dealkylation sites (tertiary alicyclic amines) is 1. The molecule has 1 aromatic rings. The van der Waals surface area contributed by atoms with Crippen molar-refractivity contribution in [1.29, 1.82) is 0 Å². The van der Waals surface area contributed by atoms with Gasteiger partial charge in [0.1, 0.15) is 12.4 Å². The van der Waals surface area contributed by atoms with Crippen molar-refractivity contribution in [2.24, 2.45) is 0 Å². The van der Waals surface area contributed by atoms with E-state index in [4.69, 9.17) is 10.5 Å². The maximum Gasteiger partial charge on any atom is 0.122 e. The first-order chi connectivity index (χ1) is 7.83. The Labute approximate surface area is 96.2 Å². The molecule has 3 heteroatoms. The number of hydrogen-bond acceptors (Lipinski definition) is 3. The van der Waals surface area contributed by atoms with E-state index in [0.29, 0.717) is 6.04 Å². The Bertz CT molecular complexity index is 386. The van der Waals surface area contributed by atoms with Crippen molar-refractivity contribution in [2.75, 3.05) is 25.4 Å². The first-order valence-corrected chi connectivity index (χ1v) is 6.08. The van der Waals surface area contributed by atoms with Crippen LogP contribution in [0.5, 0.6) is 5.75 Å². The van der Waals surface area contributed by atoms with Crippen molar-refractivity contribution >= 4 is 5.69 Å². The second-order valence-corrected chi connectivity index (χ2v) is 4.78. The molecule has 1 fully saturated rings. The van der Waals surface area contributed by atoms with E-state index in [0.717, 1.165) is 24.5 Å². The molecule has 0 aliphatic carbocycles. The zero-order valence-corrected chi connectivity index (χ0v) is 9.48. The van der Waals surface area contributed by atoms with Crippen LogP contribution in [0.3, 0.4) is 0 Å². The van der Waals surface area contributed by atoms with Gasteiger partial charge in [0.25, 0.3) is 0 Å². The molecule has 0 aromatic heterocycles. The minimum atomic E-state index is 0.553. The number of nitrogens with zero attached hydrogens (tertiary/aromatic N) is 1. The van der Waals surface area contributed by atoms with Crippen molar-refractivity contribution in [3.63, 3.8) is 0 Å². The smallest absolute Gasteiger partial charge is 0.122 e. The maximum atomic E-state index is 5.81. The molecule has 2 N–H and O–H groups in total. The molecule has 2 heterocycles. The third-order valence-corrected chi connectivity index (χ3v) is 3.63. The standard InChI is InChI=1S/C13H18N2O/c14-11-3-4-13-10(7-11)8-12(9-16-13)15-5-1-2-6-15/h3-4,7,12H,1-2,5-6,8-9,14H2. The van der Waals surface area contributed by atoms with Crippen molar-refractivity contribution < 1.29 is 4.74 Å². The lowest BCUT2D eigenvalue weighted by Crippen LogP contribution is -2.41. The number of nitrogen functional groups attached to an aromatic ring is 1. The van der Waals surface area contributed by atoms with E-state index >= 15 is 0 Å². The minimum Gasteiger partial charge on any atom is -0.492 e. The Balaban J connectivity index is 1.79. The predicted molar refractivity (Wildman–Crippen MR) is 64.6 cm³/mol. The van der Waals surface area contributed by atoms with Crippen LogP contribution in [-0.2, 0) is 6.42 Å². The number of fused-ring (bicyclic) bond motifs is 1. The van der Waals surface area contributed by atoms with Crippen molar-refractivity contribution in [2.45, 2.75) is 25.3 Å². The van der Waals surface area contributed by atoms with Gasteiger partial charge >= 0.3 is 0 Å². The summed E-state index contributed by atoms with van der Waals surface area (Å²) in [6.45, 7) is 3.29. The molecule has 0 bridgehead atoms. The van der Waals surface area contributed by atoms with Gasteiger partial charge in [0.15, 0.2) is 0 Å². The second kappa shape index (κ2) is 3.98. The van der Waals surface area contributed by atoms with E-state index in [1.54, 1.807) is 0 Å².